The van der Waals surface area contributed by atoms with Crippen molar-refractivity contribution in [2.24, 2.45) is 11.3 Å². The maximum Gasteiger partial charge on any atom is 0.191 e. The van der Waals surface area contributed by atoms with Crippen LogP contribution in [0.5, 0.6) is 0 Å². The Kier molecular flexibility index (Phi) is 5.11. The lowest BCUT2D eigenvalue weighted by Gasteiger charge is -2.39. The quantitative estimate of drug-likeness (QED) is 0.720. The van der Waals surface area contributed by atoms with Gasteiger partial charge in [0.1, 0.15) is 6.10 Å². The summed E-state index contributed by atoms with van der Waals surface area (Å²) in [5.74, 6) is 0.680. The van der Waals surface area contributed by atoms with Gasteiger partial charge in [0.2, 0.25) is 0 Å². The third kappa shape index (κ3) is 4.55. The Morgan fingerprint density at radius 3 is 2.48 bits per heavy atom. The van der Waals surface area contributed by atoms with E-state index in [1.54, 1.807) is 24.3 Å². The zero-order valence-electron chi connectivity index (χ0n) is 13.4. The van der Waals surface area contributed by atoms with Crippen LogP contribution >= 0.6 is 11.6 Å². The van der Waals surface area contributed by atoms with E-state index in [1.807, 2.05) is 6.92 Å². The molecule has 3 unspecified atom stereocenters. The first-order chi connectivity index (χ1) is 9.77. The molecule has 0 amide bonds. The number of carbonyl (C=O) groups is 1. The highest BCUT2D eigenvalue weighted by atomic mass is 35.5. The fourth-order valence-corrected chi connectivity index (χ4v) is 3.69. The standard InChI is InChI=1S/C18H25ClO2/c1-12-9-16(11-18(3,4)10-12)21-13(2)17(20)14-5-7-15(19)8-6-14/h5-8,12-13,16H,9-11H2,1-4H3. The molecule has 0 saturated heterocycles. The van der Waals surface area contributed by atoms with Crippen LogP contribution in [0, 0.1) is 11.3 Å². The average Bonchev–Trinajstić information content (AvgIpc) is 2.36. The summed E-state index contributed by atoms with van der Waals surface area (Å²) >= 11 is 5.86. The lowest BCUT2D eigenvalue weighted by molar-refractivity contribution is -0.0478. The van der Waals surface area contributed by atoms with Crippen LogP contribution in [-0.2, 0) is 4.74 Å². The molecule has 0 spiro atoms. The highest BCUT2D eigenvalue weighted by molar-refractivity contribution is 6.30. The maximum atomic E-state index is 12.4. The molecule has 0 heterocycles. The normalized spacial score (nSPS) is 26.3. The van der Waals surface area contributed by atoms with Gasteiger partial charge < -0.3 is 4.74 Å². The van der Waals surface area contributed by atoms with Gasteiger partial charge in [-0.1, -0.05) is 32.4 Å². The molecule has 1 aromatic rings. The van der Waals surface area contributed by atoms with Crippen molar-refractivity contribution in [1.82, 2.24) is 0 Å². The van der Waals surface area contributed by atoms with Gasteiger partial charge in [-0.15, -0.1) is 0 Å². The summed E-state index contributed by atoms with van der Waals surface area (Å²) in [5.41, 5.74) is 0.959. The minimum atomic E-state index is -0.405. The SMILES string of the molecule is CC1CC(OC(C)C(=O)c2ccc(Cl)cc2)CC(C)(C)C1. The third-order valence-corrected chi connectivity index (χ3v) is 4.49. The van der Waals surface area contributed by atoms with Gasteiger partial charge in [0.15, 0.2) is 5.78 Å². The molecule has 2 rings (SSSR count). The van der Waals surface area contributed by atoms with Crippen molar-refractivity contribution >= 4 is 17.4 Å². The van der Waals surface area contributed by atoms with Gasteiger partial charge in [0.05, 0.1) is 6.10 Å². The summed E-state index contributed by atoms with van der Waals surface area (Å²) in [5, 5.41) is 0.642. The van der Waals surface area contributed by atoms with Gasteiger partial charge in [-0.05, 0) is 61.8 Å². The van der Waals surface area contributed by atoms with Crippen LogP contribution in [-0.4, -0.2) is 18.0 Å². The molecule has 2 nitrogen and oxygen atoms in total. The molecule has 0 aromatic heterocycles. The van der Waals surface area contributed by atoms with Gasteiger partial charge in [-0.25, -0.2) is 0 Å². The molecule has 3 atom stereocenters. The molecule has 0 aliphatic heterocycles. The van der Waals surface area contributed by atoms with Crippen LogP contribution in [0.2, 0.25) is 5.02 Å². The average molecular weight is 309 g/mol. The van der Waals surface area contributed by atoms with Crippen molar-refractivity contribution in [3.8, 4) is 0 Å². The summed E-state index contributed by atoms with van der Waals surface area (Å²) in [6, 6.07) is 7.01. The molecule has 1 fully saturated rings. The Morgan fingerprint density at radius 2 is 1.90 bits per heavy atom. The van der Waals surface area contributed by atoms with E-state index in [0.717, 1.165) is 12.8 Å². The van der Waals surface area contributed by atoms with Gasteiger partial charge >= 0.3 is 0 Å². The Balaban J connectivity index is 1.99. The van der Waals surface area contributed by atoms with E-state index >= 15 is 0 Å². The zero-order chi connectivity index (χ0) is 15.6. The van der Waals surface area contributed by atoms with E-state index in [0.29, 0.717) is 21.9 Å². The molecule has 0 N–H and O–H groups in total. The molecule has 0 radical (unpaired) electrons. The summed E-state index contributed by atoms with van der Waals surface area (Å²) in [6.45, 7) is 8.68. The van der Waals surface area contributed by atoms with Crippen LogP contribution < -0.4 is 0 Å². The van der Waals surface area contributed by atoms with Gasteiger partial charge in [0, 0.05) is 10.6 Å². The number of carbonyl (C=O) groups excluding carboxylic acids is 1. The lowest BCUT2D eigenvalue weighted by Crippen LogP contribution is -2.36. The number of benzene rings is 1. The van der Waals surface area contributed by atoms with Crippen LogP contribution in [0.3, 0.4) is 0 Å². The van der Waals surface area contributed by atoms with Crippen molar-refractivity contribution < 1.29 is 9.53 Å². The second-order valence-electron chi connectivity index (χ2n) is 7.18. The monoisotopic (exact) mass is 308 g/mol. The summed E-state index contributed by atoms with van der Waals surface area (Å²) in [4.78, 5) is 12.4. The molecule has 1 aliphatic rings. The first-order valence-electron chi connectivity index (χ1n) is 7.72. The van der Waals surface area contributed by atoms with Crippen molar-refractivity contribution in [3.05, 3.63) is 34.9 Å². The fourth-order valence-electron chi connectivity index (χ4n) is 3.56. The summed E-state index contributed by atoms with van der Waals surface area (Å²) in [6.07, 6.45) is 3.07. The van der Waals surface area contributed by atoms with Gasteiger partial charge in [-0.3, -0.25) is 4.79 Å². The molecule has 1 aromatic carbocycles. The number of rotatable bonds is 4. The van der Waals surface area contributed by atoms with Crippen molar-refractivity contribution in [3.63, 3.8) is 0 Å². The predicted octanol–water partition coefficient (Wildman–Crippen LogP) is 5.14. The van der Waals surface area contributed by atoms with E-state index in [4.69, 9.17) is 16.3 Å². The number of ketones is 1. The van der Waals surface area contributed by atoms with Crippen molar-refractivity contribution in [1.29, 1.82) is 0 Å². The Hall–Kier alpha value is -0.860. The molecule has 0 bridgehead atoms. The van der Waals surface area contributed by atoms with E-state index in [2.05, 4.69) is 20.8 Å². The van der Waals surface area contributed by atoms with E-state index < -0.39 is 6.10 Å². The van der Waals surface area contributed by atoms with Gasteiger partial charge in [-0.2, -0.15) is 0 Å². The number of Topliss-reactive ketones (excluding diaryl/α,β-unsaturated/α-hetero) is 1. The molecule has 3 heteroatoms. The first kappa shape index (κ1) is 16.5. The second-order valence-corrected chi connectivity index (χ2v) is 7.62. The highest BCUT2D eigenvalue weighted by Crippen LogP contribution is 2.40. The summed E-state index contributed by atoms with van der Waals surface area (Å²) in [7, 11) is 0. The predicted molar refractivity (Wildman–Crippen MR) is 86.9 cm³/mol. The fraction of sp³-hybridized carbons (Fsp3) is 0.611. The number of ether oxygens (including phenoxy) is 1. The van der Waals surface area contributed by atoms with E-state index in [9.17, 15) is 4.79 Å². The smallest absolute Gasteiger partial charge is 0.191 e. The van der Waals surface area contributed by atoms with Crippen molar-refractivity contribution in [2.45, 2.75) is 59.2 Å². The second kappa shape index (κ2) is 6.50. The highest BCUT2D eigenvalue weighted by Gasteiger charge is 2.34. The van der Waals surface area contributed by atoms with Crippen LogP contribution in [0.25, 0.3) is 0 Å². The largest absolute Gasteiger partial charge is 0.367 e. The maximum absolute atomic E-state index is 12.4. The number of hydrogen-bond donors (Lipinski definition) is 0. The van der Waals surface area contributed by atoms with Crippen LogP contribution in [0.15, 0.2) is 24.3 Å². The van der Waals surface area contributed by atoms with E-state index in [1.165, 1.54) is 6.42 Å². The summed E-state index contributed by atoms with van der Waals surface area (Å²) < 4.78 is 6.06. The Morgan fingerprint density at radius 1 is 1.29 bits per heavy atom. The lowest BCUT2D eigenvalue weighted by atomic mass is 9.71. The van der Waals surface area contributed by atoms with Gasteiger partial charge in [0.25, 0.3) is 0 Å². The minimum Gasteiger partial charge on any atom is -0.367 e. The minimum absolute atomic E-state index is 0.0303. The topological polar surface area (TPSA) is 26.3 Å². The van der Waals surface area contributed by atoms with Crippen LogP contribution in [0.4, 0.5) is 0 Å². The zero-order valence-corrected chi connectivity index (χ0v) is 14.1. The Labute approximate surface area is 132 Å². The molecular weight excluding hydrogens is 284 g/mol. The molecule has 1 aliphatic carbocycles. The molecule has 21 heavy (non-hydrogen) atoms. The molecule has 1 saturated carbocycles. The third-order valence-electron chi connectivity index (χ3n) is 4.24. The Bertz CT molecular complexity index is 492. The number of halogens is 1. The van der Waals surface area contributed by atoms with E-state index in [-0.39, 0.29) is 11.9 Å². The van der Waals surface area contributed by atoms with Crippen molar-refractivity contribution in [2.75, 3.05) is 0 Å². The van der Waals surface area contributed by atoms with Crippen LogP contribution in [0.1, 0.15) is 57.3 Å². The molecular formula is C18H25ClO2. The first-order valence-corrected chi connectivity index (χ1v) is 8.10. The number of hydrogen-bond acceptors (Lipinski definition) is 2. The molecule has 116 valence electrons.